The topological polar surface area (TPSA) is 83.8 Å². The molecule has 6 nitrogen and oxygen atoms in total. The number of nitrogens with one attached hydrogen (secondary N) is 1. The monoisotopic (exact) mass is 256 g/mol. The first kappa shape index (κ1) is 11.5. The molecule has 0 aliphatic heterocycles. The summed E-state index contributed by atoms with van der Waals surface area (Å²) in [5.41, 5.74) is 2.63. The summed E-state index contributed by atoms with van der Waals surface area (Å²) in [4.78, 5) is 15.3. The third-order valence-electron chi connectivity index (χ3n) is 2.96. The van der Waals surface area contributed by atoms with E-state index >= 15 is 0 Å². The molecule has 0 radical (unpaired) electrons. The second kappa shape index (κ2) is 4.56. The normalized spacial score (nSPS) is 10.9. The number of hydrogen-bond donors (Lipinski definition) is 2. The summed E-state index contributed by atoms with van der Waals surface area (Å²) in [6.45, 7) is 0.385. The number of aromatic nitrogens is 4. The summed E-state index contributed by atoms with van der Waals surface area (Å²) >= 11 is 0. The van der Waals surface area contributed by atoms with E-state index in [1.54, 1.807) is 12.4 Å². The summed E-state index contributed by atoms with van der Waals surface area (Å²) in [6, 6.07) is 7.68. The van der Waals surface area contributed by atoms with Gasteiger partial charge in [0.05, 0.1) is 29.2 Å². The maximum Gasteiger partial charge on any atom is 0.305 e. The molecule has 2 N–H and O–H groups in total. The number of benzene rings is 1. The molecule has 0 aliphatic rings. The molecule has 0 unspecified atom stereocenters. The SMILES string of the molecule is O=C(O)CCn1c(-c2cn[nH]c2)nc2ccccc21. The fourth-order valence-corrected chi connectivity index (χ4v) is 2.10. The predicted octanol–water partition coefficient (Wildman–Crippen LogP) is 1.90. The second-order valence-electron chi connectivity index (χ2n) is 4.21. The van der Waals surface area contributed by atoms with Gasteiger partial charge in [0.1, 0.15) is 5.82 Å². The molecule has 0 saturated carbocycles. The highest BCUT2D eigenvalue weighted by atomic mass is 16.4. The Bertz CT molecular complexity index is 715. The van der Waals surface area contributed by atoms with Gasteiger partial charge >= 0.3 is 5.97 Å². The van der Waals surface area contributed by atoms with Crippen LogP contribution in [0.15, 0.2) is 36.7 Å². The van der Waals surface area contributed by atoms with Crippen LogP contribution < -0.4 is 0 Å². The number of imidazole rings is 1. The lowest BCUT2D eigenvalue weighted by molar-refractivity contribution is -0.137. The Hall–Kier alpha value is -2.63. The number of hydrogen-bond acceptors (Lipinski definition) is 3. The van der Waals surface area contributed by atoms with Crippen LogP contribution in [-0.4, -0.2) is 30.8 Å². The summed E-state index contributed by atoms with van der Waals surface area (Å²) < 4.78 is 1.91. The lowest BCUT2D eigenvalue weighted by atomic mass is 10.3. The number of nitrogens with zero attached hydrogens (tertiary/aromatic N) is 3. The molecule has 0 aliphatic carbocycles. The van der Waals surface area contributed by atoms with Gasteiger partial charge in [-0.1, -0.05) is 12.1 Å². The molecule has 19 heavy (non-hydrogen) atoms. The van der Waals surface area contributed by atoms with E-state index in [1.165, 1.54) is 0 Å². The standard InChI is InChI=1S/C13H12N4O2/c18-12(19)5-6-17-11-4-2-1-3-10(11)16-13(17)9-7-14-15-8-9/h1-4,7-8H,5-6H2,(H,14,15)(H,18,19). The number of rotatable bonds is 4. The van der Waals surface area contributed by atoms with Gasteiger partial charge in [-0.25, -0.2) is 4.98 Å². The van der Waals surface area contributed by atoms with E-state index in [9.17, 15) is 4.79 Å². The zero-order chi connectivity index (χ0) is 13.2. The number of H-pyrrole nitrogens is 1. The van der Waals surface area contributed by atoms with Crippen LogP contribution in [0.4, 0.5) is 0 Å². The molecular weight excluding hydrogens is 244 g/mol. The molecule has 6 heteroatoms. The Morgan fingerprint density at radius 2 is 2.21 bits per heavy atom. The van der Waals surface area contributed by atoms with Crippen molar-refractivity contribution in [2.24, 2.45) is 0 Å². The highest BCUT2D eigenvalue weighted by Gasteiger charge is 2.13. The predicted molar refractivity (Wildman–Crippen MR) is 69.6 cm³/mol. The van der Waals surface area contributed by atoms with Crippen molar-refractivity contribution in [2.45, 2.75) is 13.0 Å². The van der Waals surface area contributed by atoms with Crippen LogP contribution in [0.1, 0.15) is 6.42 Å². The Morgan fingerprint density at radius 3 is 2.95 bits per heavy atom. The number of aliphatic carboxylic acids is 1. The van der Waals surface area contributed by atoms with Crippen molar-refractivity contribution >= 4 is 17.0 Å². The number of aryl methyl sites for hydroxylation is 1. The van der Waals surface area contributed by atoms with Gasteiger partial charge in [-0.15, -0.1) is 0 Å². The Labute approximate surface area is 108 Å². The van der Waals surface area contributed by atoms with Crippen LogP contribution in [-0.2, 0) is 11.3 Å². The van der Waals surface area contributed by atoms with Gasteiger partial charge in [0, 0.05) is 12.7 Å². The minimum Gasteiger partial charge on any atom is -0.481 e. The van der Waals surface area contributed by atoms with Crippen LogP contribution in [0.5, 0.6) is 0 Å². The minimum atomic E-state index is -0.823. The molecule has 3 rings (SSSR count). The first-order valence-electron chi connectivity index (χ1n) is 5.92. The third kappa shape index (κ3) is 2.08. The lowest BCUT2D eigenvalue weighted by Crippen LogP contribution is -2.05. The van der Waals surface area contributed by atoms with Gasteiger partial charge in [0.2, 0.25) is 0 Å². The summed E-state index contributed by atoms with van der Waals surface area (Å²) in [5.74, 6) is -0.0906. The van der Waals surface area contributed by atoms with Gasteiger partial charge in [-0.05, 0) is 12.1 Å². The van der Waals surface area contributed by atoms with E-state index in [-0.39, 0.29) is 6.42 Å². The quantitative estimate of drug-likeness (QED) is 0.746. The van der Waals surface area contributed by atoms with E-state index in [4.69, 9.17) is 5.11 Å². The van der Waals surface area contributed by atoms with Gasteiger partial charge in [0.15, 0.2) is 0 Å². The van der Waals surface area contributed by atoms with Crippen LogP contribution in [0.3, 0.4) is 0 Å². The van der Waals surface area contributed by atoms with E-state index in [0.717, 1.165) is 22.4 Å². The molecule has 1 aromatic carbocycles. The number of carbonyl (C=O) groups is 1. The fourth-order valence-electron chi connectivity index (χ4n) is 2.10. The van der Waals surface area contributed by atoms with Crippen molar-refractivity contribution in [1.82, 2.24) is 19.7 Å². The Morgan fingerprint density at radius 1 is 1.37 bits per heavy atom. The largest absolute Gasteiger partial charge is 0.481 e. The van der Waals surface area contributed by atoms with Gasteiger partial charge in [0.25, 0.3) is 0 Å². The Kier molecular flexibility index (Phi) is 2.75. The van der Waals surface area contributed by atoms with Crippen molar-refractivity contribution < 1.29 is 9.90 Å². The lowest BCUT2D eigenvalue weighted by Gasteiger charge is -2.05. The van der Waals surface area contributed by atoms with Crippen molar-refractivity contribution in [1.29, 1.82) is 0 Å². The molecule has 2 heterocycles. The first-order valence-corrected chi connectivity index (χ1v) is 5.92. The highest BCUT2D eigenvalue weighted by Crippen LogP contribution is 2.24. The molecule has 2 aromatic heterocycles. The van der Waals surface area contributed by atoms with Crippen LogP contribution >= 0.6 is 0 Å². The third-order valence-corrected chi connectivity index (χ3v) is 2.96. The van der Waals surface area contributed by atoms with Crippen LogP contribution in [0, 0.1) is 0 Å². The molecular formula is C13H12N4O2. The van der Waals surface area contributed by atoms with Gasteiger partial charge in [-0.3, -0.25) is 9.89 Å². The summed E-state index contributed by atoms with van der Waals surface area (Å²) in [7, 11) is 0. The van der Waals surface area contributed by atoms with E-state index in [0.29, 0.717) is 6.54 Å². The molecule has 3 aromatic rings. The van der Waals surface area contributed by atoms with Crippen molar-refractivity contribution in [3.05, 3.63) is 36.7 Å². The highest BCUT2D eigenvalue weighted by molar-refractivity contribution is 5.80. The van der Waals surface area contributed by atoms with E-state index < -0.39 is 5.97 Å². The minimum absolute atomic E-state index is 0.0607. The van der Waals surface area contributed by atoms with Crippen molar-refractivity contribution in [2.75, 3.05) is 0 Å². The van der Waals surface area contributed by atoms with E-state index in [2.05, 4.69) is 15.2 Å². The van der Waals surface area contributed by atoms with Crippen LogP contribution in [0.2, 0.25) is 0 Å². The summed E-state index contributed by atoms with van der Waals surface area (Å²) in [6.07, 6.45) is 3.49. The Balaban J connectivity index is 2.14. The zero-order valence-electron chi connectivity index (χ0n) is 10.1. The maximum absolute atomic E-state index is 10.8. The molecule has 0 amide bonds. The van der Waals surface area contributed by atoms with Crippen LogP contribution in [0.25, 0.3) is 22.4 Å². The van der Waals surface area contributed by atoms with Gasteiger partial charge in [-0.2, -0.15) is 5.10 Å². The number of carboxylic acid groups (broad SMARTS) is 1. The van der Waals surface area contributed by atoms with Crippen molar-refractivity contribution in [3.8, 4) is 11.4 Å². The molecule has 0 fully saturated rings. The number of fused-ring (bicyclic) bond motifs is 1. The first-order chi connectivity index (χ1) is 9.25. The molecule has 96 valence electrons. The number of carboxylic acids is 1. The number of para-hydroxylation sites is 2. The second-order valence-corrected chi connectivity index (χ2v) is 4.21. The smallest absolute Gasteiger partial charge is 0.305 e. The average molecular weight is 256 g/mol. The molecule has 0 saturated heterocycles. The average Bonchev–Trinajstić information content (AvgIpc) is 3.03. The number of aromatic amines is 1. The fraction of sp³-hybridized carbons (Fsp3) is 0.154. The van der Waals surface area contributed by atoms with Gasteiger partial charge < -0.3 is 9.67 Å². The molecule has 0 spiro atoms. The molecule has 0 bridgehead atoms. The zero-order valence-corrected chi connectivity index (χ0v) is 10.1. The summed E-state index contributed by atoms with van der Waals surface area (Å²) in [5, 5.41) is 15.5. The van der Waals surface area contributed by atoms with E-state index in [1.807, 2.05) is 28.8 Å². The van der Waals surface area contributed by atoms with Crippen molar-refractivity contribution in [3.63, 3.8) is 0 Å². The molecule has 0 atom stereocenters. The maximum atomic E-state index is 10.8.